The Labute approximate surface area is 167 Å². The summed E-state index contributed by atoms with van der Waals surface area (Å²) in [5, 5.41) is 0. The van der Waals surface area contributed by atoms with Crippen molar-refractivity contribution in [2.75, 3.05) is 40.3 Å². The van der Waals surface area contributed by atoms with Crippen LogP contribution in [0.1, 0.15) is 29.8 Å². The topological polar surface area (TPSA) is 54.8 Å². The summed E-state index contributed by atoms with van der Waals surface area (Å²) in [6.07, 6.45) is 1.80. The number of pyridine rings is 1. The number of aryl methyl sites for hydroxylation is 2. The molecular weight excluding hydrogens is 354 g/mol. The van der Waals surface area contributed by atoms with Gasteiger partial charge in [0.1, 0.15) is 5.75 Å². The number of carbonyl (C=O) groups excluding carboxylic acids is 1. The lowest BCUT2D eigenvalue weighted by atomic mass is 10.0. The molecule has 2 aromatic rings. The lowest BCUT2D eigenvalue weighted by molar-refractivity contribution is 0.0661. The van der Waals surface area contributed by atoms with Crippen LogP contribution in [0.4, 0.5) is 0 Å². The predicted molar refractivity (Wildman–Crippen MR) is 113 cm³/mol. The highest BCUT2D eigenvalue weighted by molar-refractivity contribution is 5.97. The number of aromatic nitrogens is 1. The summed E-state index contributed by atoms with van der Waals surface area (Å²) < 4.78 is 7.07. The van der Waals surface area contributed by atoms with Gasteiger partial charge in [-0.1, -0.05) is 19.9 Å². The van der Waals surface area contributed by atoms with E-state index >= 15 is 0 Å². The number of ether oxygens (including phenoxy) is 1. The quantitative estimate of drug-likeness (QED) is 0.815. The summed E-state index contributed by atoms with van der Waals surface area (Å²) in [6, 6.07) is 7.45. The lowest BCUT2D eigenvalue weighted by Gasteiger charge is -2.32. The number of hydrogen-bond acceptors (Lipinski definition) is 4. The van der Waals surface area contributed by atoms with Crippen LogP contribution in [0.3, 0.4) is 0 Å². The highest BCUT2D eigenvalue weighted by Gasteiger charge is 2.23. The summed E-state index contributed by atoms with van der Waals surface area (Å²) in [6.45, 7) is 9.00. The van der Waals surface area contributed by atoms with E-state index in [-0.39, 0.29) is 11.5 Å². The van der Waals surface area contributed by atoms with Crippen molar-refractivity contribution in [2.24, 2.45) is 7.05 Å². The molecule has 1 saturated heterocycles. The van der Waals surface area contributed by atoms with Crippen molar-refractivity contribution in [1.82, 2.24) is 14.4 Å². The van der Waals surface area contributed by atoms with E-state index in [4.69, 9.17) is 4.74 Å². The average molecular weight is 386 g/mol. The van der Waals surface area contributed by atoms with Crippen LogP contribution in [0.2, 0.25) is 0 Å². The van der Waals surface area contributed by atoms with Gasteiger partial charge in [0.2, 0.25) is 0 Å². The third-order valence-corrected chi connectivity index (χ3v) is 4.92. The van der Waals surface area contributed by atoms with Gasteiger partial charge in [0.05, 0.1) is 12.7 Å². The Morgan fingerprint density at radius 3 is 2.21 bits per heavy atom. The van der Waals surface area contributed by atoms with Gasteiger partial charge in [-0.2, -0.15) is 0 Å². The summed E-state index contributed by atoms with van der Waals surface area (Å²) in [7, 11) is 5.37. The summed E-state index contributed by atoms with van der Waals surface area (Å²) in [5.41, 5.74) is 3.07. The molecule has 1 fully saturated rings. The van der Waals surface area contributed by atoms with Crippen LogP contribution in [0.5, 0.6) is 5.75 Å². The maximum absolute atomic E-state index is 12.9. The Bertz CT molecular complexity index is 855. The molecule has 0 bridgehead atoms. The van der Waals surface area contributed by atoms with Crippen LogP contribution in [0.15, 0.2) is 35.3 Å². The van der Waals surface area contributed by atoms with Crippen molar-refractivity contribution in [3.8, 4) is 16.9 Å². The molecule has 1 amide bonds. The van der Waals surface area contributed by atoms with E-state index in [2.05, 4.69) is 11.9 Å². The number of carbonyl (C=O) groups is 1. The van der Waals surface area contributed by atoms with Crippen LogP contribution < -0.4 is 10.3 Å². The van der Waals surface area contributed by atoms with E-state index in [0.29, 0.717) is 16.9 Å². The van der Waals surface area contributed by atoms with E-state index in [0.717, 1.165) is 37.3 Å². The monoisotopic (exact) mass is 385 g/mol. The van der Waals surface area contributed by atoms with Crippen molar-refractivity contribution in [3.05, 3.63) is 51.9 Å². The molecular formula is C22H31N3O3. The largest absolute Gasteiger partial charge is 0.496 e. The smallest absolute Gasteiger partial charge is 0.257 e. The zero-order valence-electron chi connectivity index (χ0n) is 17.8. The fraction of sp³-hybridized carbons (Fsp3) is 0.455. The standard InChI is InChI=1S/C20H25N3O3.C2H6/c1-14-11-16(13-22(3)19(14)24)15-5-6-17(18(12-15)26-4)20(25)23-9-7-21(2)8-10-23;1-2/h5-6,11-13H,7-10H2,1-4H3;1-2H3. The minimum absolute atomic E-state index is 0.00172. The Balaban J connectivity index is 0.00000136. The molecule has 3 rings (SSSR count). The minimum Gasteiger partial charge on any atom is -0.496 e. The molecule has 0 N–H and O–H groups in total. The second kappa shape index (κ2) is 9.55. The van der Waals surface area contributed by atoms with Crippen LogP contribution >= 0.6 is 0 Å². The second-order valence-electron chi connectivity index (χ2n) is 6.84. The van der Waals surface area contributed by atoms with Gasteiger partial charge in [0, 0.05) is 45.0 Å². The summed E-state index contributed by atoms with van der Waals surface area (Å²) in [5.74, 6) is 0.552. The number of likely N-dealkylation sites (N-methyl/N-ethyl adjacent to an activating group) is 1. The van der Waals surface area contributed by atoms with Crippen molar-refractivity contribution in [3.63, 3.8) is 0 Å². The van der Waals surface area contributed by atoms with Crippen LogP contribution in [-0.2, 0) is 7.05 Å². The molecule has 1 aromatic carbocycles. The maximum atomic E-state index is 12.9. The lowest BCUT2D eigenvalue weighted by Crippen LogP contribution is -2.47. The molecule has 1 aliphatic heterocycles. The SMILES string of the molecule is CC.COc1cc(-c2cc(C)c(=O)n(C)c2)ccc1C(=O)N1CCN(C)CC1. The first-order chi connectivity index (χ1) is 13.4. The van der Waals surface area contributed by atoms with E-state index in [1.54, 1.807) is 31.8 Å². The summed E-state index contributed by atoms with van der Waals surface area (Å²) in [4.78, 5) is 28.9. The molecule has 6 nitrogen and oxygen atoms in total. The van der Waals surface area contributed by atoms with Gasteiger partial charge in [0.25, 0.3) is 11.5 Å². The number of hydrogen-bond donors (Lipinski definition) is 0. The van der Waals surface area contributed by atoms with E-state index in [1.165, 1.54) is 0 Å². The van der Waals surface area contributed by atoms with Crippen LogP contribution in [0, 0.1) is 6.92 Å². The molecule has 0 aliphatic carbocycles. The Hall–Kier alpha value is -2.60. The Morgan fingerprint density at radius 1 is 1.00 bits per heavy atom. The fourth-order valence-corrected chi connectivity index (χ4v) is 3.26. The molecule has 0 spiro atoms. The van der Waals surface area contributed by atoms with Gasteiger partial charge in [0.15, 0.2) is 0 Å². The van der Waals surface area contributed by atoms with Crippen molar-refractivity contribution in [2.45, 2.75) is 20.8 Å². The van der Waals surface area contributed by atoms with Crippen molar-refractivity contribution < 1.29 is 9.53 Å². The number of amides is 1. The second-order valence-corrected chi connectivity index (χ2v) is 6.84. The number of rotatable bonds is 3. The van der Waals surface area contributed by atoms with Gasteiger partial charge in [-0.25, -0.2) is 0 Å². The molecule has 0 radical (unpaired) electrons. The first-order valence-electron chi connectivity index (χ1n) is 9.74. The summed E-state index contributed by atoms with van der Waals surface area (Å²) >= 11 is 0. The highest BCUT2D eigenvalue weighted by atomic mass is 16.5. The van der Waals surface area contributed by atoms with Gasteiger partial charge in [-0.15, -0.1) is 0 Å². The van der Waals surface area contributed by atoms with Gasteiger partial charge < -0.3 is 19.1 Å². The molecule has 152 valence electrons. The number of piperazine rings is 1. The molecule has 6 heteroatoms. The zero-order valence-corrected chi connectivity index (χ0v) is 17.8. The highest BCUT2D eigenvalue weighted by Crippen LogP contribution is 2.28. The van der Waals surface area contributed by atoms with E-state index in [9.17, 15) is 9.59 Å². The molecule has 1 aromatic heterocycles. The van der Waals surface area contributed by atoms with Gasteiger partial charge in [-0.3, -0.25) is 9.59 Å². The minimum atomic E-state index is -0.0115. The normalized spacial score (nSPS) is 14.3. The molecule has 0 unspecified atom stereocenters. The van der Waals surface area contributed by atoms with Gasteiger partial charge >= 0.3 is 0 Å². The average Bonchev–Trinajstić information content (AvgIpc) is 2.72. The van der Waals surface area contributed by atoms with Crippen LogP contribution in [0.25, 0.3) is 11.1 Å². The molecule has 2 heterocycles. The van der Waals surface area contributed by atoms with E-state index in [1.807, 2.05) is 43.0 Å². The van der Waals surface area contributed by atoms with Crippen molar-refractivity contribution in [1.29, 1.82) is 0 Å². The Morgan fingerprint density at radius 2 is 1.64 bits per heavy atom. The van der Waals surface area contributed by atoms with Crippen molar-refractivity contribution >= 4 is 5.91 Å². The molecule has 0 saturated carbocycles. The third kappa shape index (κ3) is 4.62. The first-order valence-corrected chi connectivity index (χ1v) is 9.74. The predicted octanol–water partition coefficient (Wildman–Crippen LogP) is 2.78. The fourth-order valence-electron chi connectivity index (χ4n) is 3.26. The molecule has 1 aliphatic rings. The van der Waals surface area contributed by atoms with Crippen LogP contribution in [-0.4, -0.2) is 60.6 Å². The first kappa shape index (κ1) is 21.7. The zero-order chi connectivity index (χ0) is 20.8. The third-order valence-electron chi connectivity index (χ3n) is 4.92. The number of nitrogens with zero attached hydrogens (tertiary/aromatic N) is 3. The number of methoxy groups -OCH3 is 1. The Kier molecular flexibility index (Phi) is 7.40. The van der Waals surface area contributed by atoms with Gasteiger partial charge in [-0.05, 0) is 43.3 Å². The maximum Gasteiger partial charge on any atom is 0.257 e. The molecule has 0 atom stereocenters. The van der Waals surface area contributed by atoms with E-state index < -0.39 is 0 Å². The molecule has 28 heavy (non-hydrogen) atoms. The number of benzene rings is 1.